The third kappa shape index (κ3) is 8.13. The summed E-state index contributed by atoms with van der Waals surface area (Å²) in [5.41, 5.74) is 0.0843. The third-order valence-corrected chi connectivity index (χ3v) is 3.24. The van der Waals surface area contributed by atoms with Crippen molar-refractivity contribution in [3.8, 4) is 0 Å². The highest BCUT2D eigenvalue weighted by molar-refractivity contribution is 5.89. The quantitative estimate of drug-likeness (QED) is 0.358. The molecule has 1 rings (SSSR count). The molecule has 0 aromatic carbocycles. The summed E-state index contributed by atoms with van der Waals surface area (Å²) in [6, 6.07) is 0. The molecule has 1 aromatic rings. The molecule has 0 aliphatic rings. The molecular formula is C16H24N2O5. The Bertz CT molecular complexity index is 524. The van der Waals surface area contributed by atoms with Gasteiger partial charge in [0, 0.05) is 12.0 Å². The fourth-order valence-electron chi connectivity index (χ4n) is 2.01. The second-order valence-corrected chi connectivity index (χ2v) is 5.37. The highest BCUT2D eigenvalue weighted by Crippen LogP contribution is 2.10. The van der Waals surface area contributed by atoms with Crippen LogP contribution in [0.5, 0.6) is 0 Å². The lowest BCUT2D eigenvalue weighted by Gasteiger charge is -2.02. The first kappa shape index (κ1) is 18.9. The first-order valence-corrected chi connectivity index (χ1v) is 7.91. The van der Waals surface area contributed by atoms with Gasteiger partial charge in [0.25, 0.3) is 0 Å². The van der Waals surface area contributed by atoms with E-state index in [2.05, 4.69) is 28.4 Å². The summed E-state index contributed by atoms with van der Waals surface area (Å²) in [7, 11) is 0. The Kier molecular flexibility index (Phi) is 8.64. The number of carbonyl (C=O) groups excluding carboxylic acids is 1. The number of unbranched alkanes of at least 4 members (excludes halogenated alkanes) is 5. The molecule has 0 saturated heterocycles. The predicted octanol–water partition coefficient (Wildman–Crippen LogP) is 2.70. The Labute approximate surface area is 135 Å². The number of hydrogen-bond acceptors (Lipinski definition) is 6. The van der Waals surface area contributed by atoms with Gasteiger partial charge >= 0.3 is 11.9 Å². The molecule has 0 saturated carbocycles. The maximum atomic E-state index is 11.5. The maximum absolute atomic E-state index is 11.5. The number of aromatic nitrogens is 2. The molecule has 0 aliphatic carbocycles. The lowest BCUT2D eigenvalue weighted by atomic mass is 10.1. The van der Waals surface area contributed by atoms with Crippen LogP contribution in [-0.2, 0) is 27.2 Å². The van der Waals surface area contributed by atoms with Gasteiger partial charge in [0.05, 0.1) is 6.42 Å². The van der Waals surface area contributed by atoms with Crippen LogP contribution in [0.2, 0.25) is 0 Å². The van der Waals surface area contributed by atoms with Crippen LogP contribution in [0.25, 0.3) is 0 Å². The van der Waals surface area contributed by atoms with Crippen molar-refractivity contribution in [3.05, 3.63) is 23.9 Å². The molecule has 1 heterocycles. The van der Waals surface area contributed by atoms with Gasteiger partial charge in [-0.05, 0) is 6.42 Å². The second kappa shape index (κ2) is 10.5. The van der Waals surface area contributed by atoms with Gasteiger partial charge in [-0.15, -0.1) is 0 Å². The van der Waals surface area contributed by atoms with Gasteiger partial charge in [0.2, 0.25) is 5.89 Å². The molecule has 0 radical (unpaired) electrons. The lowest BCUT2D eigenvalue weighted by molar-refractivity contribution is -0.152. The van der Waals surface area contributed by atoms with Crippen molar-refractivity contribution in [2.45, 2.75) is 58.3 Å². The standard InChI is InChI=1S/C16H24N2O5/c1-3-4-5-6-7-8-9-13-17-14(23-18-13)10-12(2)16(21)22-11-15(19)20/h2-11H2,1H3,(H,19,20). The fraction of sp³-hybridized carbons (Fsp3) is 0.625. The summed E-state index contributed by atoms with van der Waals surface area (Å²) < 4.78 is 9.59. The van der Waals surface area contributed by atoms with Crippen LogP contribution in [0.3, 0.4) is 0 Å². The van der Waals surface area contributed by atoms with E-state index >= 15 is 0 Å². The molecular weight excluding hydrogens is 300 g/mol. The van der Waals surface area contributed by atoms with Crippen LogP contribution in [0.4, 0.5) is 0 Å². The highest BCUT2D eigenvalue weighted by atomic mass is 16.5. The molecule has 7 nitrogen and oxygen atoms in total. The average Bonchev–Trinajstić information content (AvgIpc) is 2.95. The van der Waals surface area contributed by atoms with Crippen LogP contribution >= 0.6 is 0 Å². The van der Waals surface area contributed by atoms with Gasteiger partial charge in [0.1, 0.15) is 0 Å². The number of aliphatic carboxylic acids is 1. The van der Waals surface area contributed by atoms with Crippen molar-refractivity contribution in [1.29, 1.82) is 0 Å². The molecule has 0 spiro atoms. The topological polar surface area (TPSA) is 103 Å². The van der Waals surface area contributed by atoms with E-state index in [1.807, 2.05) is 0 Å². The Morgan fingerprint density at radius 2 is 1.91 bits per heavy atom. The predicted molar refractivity (Wildman–Crippen MR) is 82.8 cm³/mol. The molecule has 0 unspecified atom stereocenters. The summed E-state index contributed by atoms with van der Waals surface area (Å²) in [5.74, 6) is -1.10. The SMILES string of the molecule is C=C(Cc1nc(CCCCCCCC)no1)C(=O)OCC(=O)O. The monoisotopic (exact) mass is 324 g/mol. The first-order chi connectivity index (χ1) is 11.0. The van der Waals surface area contributed by atoms with Gasteiger partial charge < -0.3 is 14.4 Å². The fourth-order valence-corrected chi connectivity index (χ4v) is 2.01. The number of carboxylic acids is 1. The van der Waals surface area contributed by atoms with E-state index in [1.165, 1.54) is 25.7 Å². The van der Waals surface area contributed by atoms with Crippen molar-refractivity contribution in [2.75, 3.05) is 6.61 Å². The van der Waals surface area contributed by atoms with Crippen molar-refractivity contribution < 1.29 is 24.0 Å². The molecule has 0 bridgehead atoms. The summed E-state index contributed by atoms with van der Waals surface area (Å²) in [5, 5.41) is 12.3. The molecule has 0 fully saturated rings. The number of aryl methyl sites for hydroxylation is 1. The Balaban J connectivity index is 2.28. The zero-order chi connectivity index (χ0) is 17.1. The zero-order valence-corrected chi connectivity index (χ0v) is 13.5. The highest BCUT2D eigenvalue weighted by Gasteiger charge is 2.15. The van der Waals surface area contributed by atoms with Crippen molar-refractivity contribution >= 4 is 11.9 Å². The van der Waals surface area contributed by atoms with Gasteiger partial charge in [-0.3, -0.25) is 0 Å². The molecule has 7 heteroatoms. The number of hydrogen-bond donors (Lipinski definition) is 1. The number of esters is 1. The van der Waals surface area contributed by atoms with Crippen molar-refractivity contribution in [1.82, 2.24) is 10.1 Å². The minimum Gasteiger partial charge on any atom is -0.479 e. The summed E-state index contributed by atoms with van der Waals surface area (Å²) in [4.78, 5) is 26.0. The van der Waals surface area contributed by atoms with Crippen molar-refractivity contribution in [2.24, 2.45) is 0 Å². The number of nitrogens with zero attached hydrogens (tertiary/aromatic N) is 2. The third-order valence-electron chi connectivity index (χ3n) is 3.24. The number of carboxylic acid groups (broad SMARTS) is 1. The van der Waals surface area contributed by atoms with E-state index in [1.54, 1.807) is 0 Å². The van der Waals surface area contributed by atoms with Crippen molar-refractivity contribution in [3.63, 3.8) is 0 Å². The molecule has 0 amide bonds. The molecule has 0 atom stereocenters. The Hall–Kier alpha value is -2.18. The van der Waals surface area contributed by atoms with Crippen LogP contribution in [0, 0.1) is 0 Å². The summed E-state index contributed by atoms with van der Waals surface area (Å²) in [6.45, 7) is 5.04. The van der Waals surface area contributed by atoms with Crippen LogP contribution in [0.15, 0.2) is 16.7 Å². The second-order valence-electron chi connectivity index (χ2n) is 5.37. The minimum absolute atomic E-state index is 0.0575. The van der Waals surface area contributed by atoms with Crippen LogP contribution in [-0.4, -0.2) is 33.8 Å². The van der Waals surface area contributed by atoms with E-state index in [9.17, 15) is 9.59 Å². The number of rotatable bonds is 12. The van der Waals surface area contributed by atoms with Gasteiger partial charge in [0.15, 0.2) is 12.4 Å². The number of ether oxygens (including phenoxy) is 1. The van der Waals surface area contributed by atoms with E-state index < -0.39 is 18.5 Å². The maximum Gasteiger partial charge on any atom is 0.341 e. The van der Waals surface area contributed by atoms with E-state index in [-0.39, 0.29) is 17.9 Å². The van der Waals surface area contributed by atoms with Gasteiger partial charge in [-0.1, -0.05) is 50.8 Å². The summed E-state index contributed by atoms with van der Waals surface area (Å²) >= 11 is 0. The number of carbonyl (C=O) groups is 2. The molecule has 128 valence electrons. The molecule has 23 heavy (non-hydrogen) atoms. The van der Waals surface area contributed by atoms with Crippen LogP contribution < -0.4 is 0 Å². The molecule has 1 aromatic heterocycles. The Morgan fingerprint density at radius 1 is 1.22 bits per heavy atom. The molecule has 0 aliphatic heterocycles. The lowest BCUT2D eigenvalue weighted by Crippen LogP contribution is -2.15. The summed E-state index contributed by atoms with van der Waals surface area (Å²) in [6.07, 6.45) is 7.91. The zero-order valence-electron chi connectivity index (χ0n) is 13.5. The smallest absolute Gasteiger partial charge is 0.341 e. The largest absolute Gasteiger partial charge is 0.479 e. The van der Waals surface area contributed by atoms with E-state index in [4.69, 9.17) is 9.63 Å². The minimum atomic E-state index is -1.22. The van der Waals surface area contributed by atoms with E-state index in [0.717, 1.165) is 19.3 Å². The van der Waals surface area contributed by atoms with Gasteiger partial charge in [-0.2, -0.15) is 4.98 Å². The van der Waals surface area contributed by atoms with E-state index in [0.29, 0.717) is 5.82 Å². The molecule has 1 N–H and O–H groups in total. The normalized spacial score (nSPS) is 10.5. The van der Waals surface area contributed by atoms with Gasteiger partial charge in [-0.25, -0.2) is 9.59 Å². The van der Waals surface area contributed by atoms with Crippen LogP contribution in [0.1, 0.15) is 57.2 Å². The first-order valence-electron chi connectivity index (χ1n) is 7.91. The Morgan fingerprint density at radius 3 is 2.61 bits per heavy atom. The average molecular weight is 324 g/mol.